The maximum absolute atomic E-state index is 14.0. The fraction of sp³-hybridized carbons (Fsp3) is 0.391. The largest absolute Gasteiger partial charge is 0.383 e. The van der Waals surface area contributed by atoms with Crippen molar-refractivity contribution in [3.8, 4) is 0 Å². The van der Waals surface area contributed by atoms with Crippen LogP contribution in [0.3, 0.4) is 0 Å². The molecule has 7 heteroatoms. The van der Waals surface area contributed by atoms with Crippen LogP contribution in [0.15, 0.2) is 53.5 Å². The van der Waals surface area contributed by atoms with Crippen molar-refractivity contribution in [1.29, 1.82) is 0 Å². The van der Waals surface area contributed by atoms with Crippen LogP contribution in [0.2, 0.25) is 0 Å². The zero-order valence-electron chi connectivity index (χ0n) is 17.2. The Morgan fingerprint density at radius 1 is 1.20 bits per heavy atom. The van der Waals surface area contributed by atoms with Gasteiger partial charge in [0.15, 0.2) is 0 Å². The fourth-order valence-electron chi connectivity index (χ4n) is 4.19. The fourth-order valence-corrected chi connectivity index (χ4v) is 4.19. The SMILES string of the molecule is COCCN=C1Nc2ccccc2N[C@@]12CCCN(C(=O)Cc1ccccc1F)C2. The Hall–Kier alpha value is -2.93. The van der Waals surface area contributed by atoms with Crippen LogP contribution in [0.25, 0.3) is 0 Å². The normalized spacial score (nSPS) is 21.8. The number of para-hydroxylation sites is 2. The number of piperidine rings is 1. The number of nitrogens with zero attached hydrogens (tertiary/aromatic N) is 2. The van der Waals surface area contributed by atoms with E-state index in [1.807, 2.05) is 29.2 Å². The van der Waals surface area contributed by atoms with E-state index in [-0.39, 0.29) is 18.1 Å². The molecule has 1 fully saturated rings. The van der Waals surface area contributed by atoms with E-state index in [0.29, 0.717) is 31.8 Å². The molecule has 1 saturated heterocycles. The smallest absolute Gasteiger partial charge is 0.227 e. The lowest BCUT2D eigenvalue weighted by Gasteiger charge is -2.47. The second kappa shape index (κ2) is 8.83. The average molecular weight is 410 g/mol. The van der Waals surface area contributed by atoms with E-state index in [1.54, 1.807) is 25.3 Å². The van der Waals surface area contributed by atoms with Crippen molar-refractivity contribution in [2.24, 2.45) is 4.99 Å². The predicted octanol–water partition coefficient (Wildman–Crippen LogP) is 3.31. The summed E-state index contributed by atoms with van der Waals surface area (Å²) in [5, 5.41) is 7.12. The number of hydrogen-bond donors (Lipinski definition) is 2. The van der Waals surface area contributed by atoms with Crippen LogP contribution in [0.5, 0.6) is 0 Å². The van der Waals surface area contributed by atoms with Crippen LogP contribution < -0.4 is 10.6 Å². The number of nitrogens with one attached hydrogen (secondary N) is 2. The average Bonchev–Trinajstić information content (AvgIpc) is 2.76. The molecular weight excluding hydrogens is 383 g/mol. The maximum Gasteiger partial charge on any atom is 0.227 e. The van der Waals surface area contributed by atoms with Gasteiger partial charge in [0.2, 0.25) is 5.91 Å². The lowest BCUT2D eigenvalue weighted by Crippen LogP contribution is -2.62. The molecule has 0 aliphatic carbocycles. The highest BCUT2D eigenvalue weighted by Gasteiger charge is 2.44. The number of ether oxygens (including phenoxy) is 1. The van der Waals surface area contributed by atoms with Crippen molar-refractivity contribution >= 4 is 23.1 Å². The highest BCUT2D eigenvalue weighted by Crippen LogP contribution is 2.36. The monoisotopic (exact) mass is 410 g/mol. The summed E-state index contributed by atoms with van der Waals surface area (Å²) in [5.41, 5.74) is 1.89. The lowest BCUT2D eigenvalue weighted by atomic mass is 9.85. The molecule has 2 aliphatic rings. The maximum atomic E-state index is 14.0. The number of anilines is 2. The van der Waals surface area contributed by atoms with Crippen molar-refractivity contribution in [3.05, 3.63) is 59.9 Å². The second-order valence-electron chi connectivity index (χ2n) is 7.79. The molecule has 0 bridgehead atoms. The number of carbonyl (C=O) groups is 1. The molecule has 0 unspecified atom stereocenters. The summed E-state index contributed by atoms with van der Waals surface area (Å²) in [7, 11) is 1.65. The van der Waals surface area contributed by atoms with Gasteiger partial charge in [-0.15, -0.1) is 0 Å². The standard InChI is InChI=1S/C23H27FN4O2/c1-30-14-12-25-22-23(27-20-10-5-4-9-19(20)26-22)11-6-13-28(16-23)21(29)15-17-7-2-3-8-18(17)24/h2-5,7-10,27H,6,11-16H2,1H3,(H,25,26)/t23-/m1/s1. The summed E-state index contributed by atoms with van der Waals surface area (Å²) in [5.74, 6) is 0.406. The molecule has 1 atom stereocenters. The van der Waals surface area contributed by atoms with Gasteiger partial charge < -0.3 is 20.3 Å². The number of aliphatic imine (C=N–C) groups is 1. The molecule has 2 aromatic rings. The van der Waals surface area contributed by atoms with Crippen LogP contribution in [-0.2, 0) is 16.0 Å². The molecule has 0 saturated carbocycles. The topological polar surface area (TPSA) is 66.0 Å². The van der Waals surface area contributed by atoms with Gasteiger partial charge in [0, 0.05) is 13.7 Å². The number of amides is 1. The number of halogens is 1. The molecule has 2 heterocycles. The number of methoxy groups -OCH3 is 1. The second-order valence-corrected chi connectivity index (χ2v) is 7.79. The minimum atomic E-state index is -0.495. The van der Waals surface area contributed by atoms with Crippen LogP contribution in [-0.4, -0.2) is 55.5 Å². The van der Waals surface area contributed by atoms with Gasteiger partial charge in [-0.25, -0.2) is 4.39 Å². The molecule has 4 rings (SSSR count). The number of carbonyl (C=O) groups excluding carboxylic acids is 1. The van der Waals surface area contributed by atoms with Crippen LogP contribution in [0, 0.1) is 5.82 Å². The Bertz CT molecular complexity index is 948. The first kappa shape index (κ1) is 20.3. The van der Waals surface area contributed by atoms with Gasteiger partial charge in [0.1, 0.15) is 17.2 Å². The molecule has 0 aromatic heterocycles. The molecule has 1 spiro atoms. The van der Waals surface area contributed by atoms with Gasteiger partial charge in [-0.2, -0.15) is 0 Å². The summed E-state index contributed by atoms with van der Waals surface area (Å²) < 4.78 is 19.2. The summed E-state index contributed by atoms with van der Waals surface area (Å²) in [6.07, 6.45) is 1.75. The Morgan fingerprint density at radius 2 is 1.97 bits per heavy atom. The summed E-state index contributed by atoms with van der Waals surface area (Å²) in [6, 6.07) is 14.4. The number of rotatable bonds is 5. The summed E-state index contributed by atoms with van der Waals surface area (Å²) >= 11 is 0. The number of amidine groups is 1. The zero-order valence-corrected chi connectivity index (χ0v) is 17.2. The third kappa shape index (κ3) is 4.16. The van der Waals surface area contributed by atoms with E-state index in [4.69, 9.17) is 9.73 Å². The molecule has 0 radical (unpaired) electrons. The first-order valence-electron chi connectivity index (χ1n) is 10.3. The van der Waals surface area contributed by atoms with Gasteiger partial charge >= 0.3 is 0 Å². The first-order valence-corrected chi connectivity index (χ1v) is 10.3. The third-order valence-electron chi connectivity index (χ3n) is 5.72. The number of benzene rings is 2. The highest BCUT2D eigenvalue weighted by atomic mass is 19.1. The molecule has 6 nitrogen and oxygen atoms in total. The highest BCUT2D eigenvalue weighted by molar-refractivity contribution is 6.10. The van der Waals surface area contributed by atoms with E-state index < -0.39 is 5.54 Å². The van der Waals surface area contributed by atoms with Gasteiger partial charge in [-0.3, -0.25) is 9.79 Å². The quantitative estimate of drug-likeness (QED) is 0.743. The van der Waals surface area contributed by atoms with Crippen LogP contribution >= 0.6 is 0 Å². The molecular formula is C23H27FN4O2. The van der Waals surface area contributed by atoms with Gasteiger partial charge in [-0.1, -0.05) is 30.3 Å². The Kier molecular flexibility index (Phi) is 5.99. The van der Waals surface area contributed by atoms with E-state index in [0.717, 1.165) is 30.1 Å². The van der Waals surface area contributed by atoms with Gasteiger partial charge in [0.25, 0.3) is 0 Å². The van der Waals surface area contributed by atoms with E-state index in [9.17, 15) is 9.18 Å². The Morgan fingerprint density at radius 3 is 2.77 bits per heavy atom. The Labute approximate surface area is 176 Å². The third-order valence-corrected chi connectivity index (χ3v) is 5.72. The Balaban J connectivity index is 1.58. The van der Waals surface area contributed by atoms with E-state index in [2.05, 4.69) is 10.6 Å². The van der Waals surface area contributed by atoms with Crippen LogP contribution in [0.1, 0.15) is 18.4 Å². The molecule has 2 N–H and O–H groups in total. The van der Waals surface area contributed by atoms with Crippen molar-refractivity contribution in [2.45, 2.75) is 24.8 Å². The van der Waals surface area contributed by atoms with E-state index in [1.165, 1.54) is 6.07 Å². The molecule has 2 aliphatic heterocycles. The van der Waals surface area contributed by atoms with Crippen molar-refractivity contribution in [1.82, 2.24) is 4.90 Å². The predicted molar refractivity (Wildman–Crippen MR) is 117 cm³/mol. The molecule has 158 valence electrons. The van der Waals surface area contributed by atoms with Gasteiger partial charge in [-0.05, 0) is 36.6 Å². The zero-order chi connectivity index (χ0) is 21.0. The molecule has 2 aromatic carbocycles. The van der Waals surface area contributed by atoms with Gasteiger partial charge in [0.05, 0.1) is 37.5 Å². The number of fused-ring (bicyclic) bond motifs is 1. The van der Waals surface area contributed by atoms with E-state index >= 15 is 0 Å². The lowest BCUT2D eigenvalue weighted by molar-refractivity contribution is -0.131. The molecule has 30 heavy (non-hydrogen) atoms. The number of likely N-dealkylation sites (tertiary alicyclic amines) is 1. The minimum Gasteiger partial charge on any atom is -0.383 e. The van der Waals surface area contributed by atoms with Crippen molar-refractivity contribution in [2.75, 3.05) is 44.0 Å². The summed E-state index contributed by atoms with van der Waals surface area (Å²) in [6.45, 7) is 2.20. The first-order chi connectivity index (χ1) is 14.6. The number of hydrogen-bond acceptors (Lipinski definition) is 4. The minimum absolute atomic E-state index is 0.0585. The van der Waals surface area contributed by atoms with Crippen molar-refractivity contribution < 1.29 is 13.9 Å². The van der Waals surface area contributed by atoms with Crippen LogP contribution in [0.4, 0.5) is 15.8 Å². The molecule has 1 amide bonds. The van der Waals surface area contributed by atoms with Crippen molar-refractivity contribution in [3.63, 3.8) is 0 Å². The summed E-state index contributed by atoms with van der Waals surface area (Å²) in [4.78, 5) is 19.6.